The van der Waals surface area contributed by atoms with Crippen LogP contribution < -0.4 is 0 Å². The van der Waals surface area contributed by atoms with Crippen molar-refractivity contribution in [3.8, 4) is 11.3 Å². The molecule has 1 aromatic carbocycles. The van der Waals surface area contributed by atoms with Crippen molar-refractivity contribution in [2.75, 3.05) is 6.61 Å². The van der Waals surface area contributed by atoms with E-state index < -0.39 is 0 Å². The molecule has 0 saturated carbocycles. The van der Waals surface area contributed by atoms with E-state index in [4.69, 9.17) is 16.3 Å². The molecule has 2 aromatic rings. The number of hydrogen-bond donors (Lipinski definition) is 0. The number of aromatic nitrogens is 2. The van der Waals surface area contributed by atoms with Gasteiger partial charge in [0.1, 0.15) is 11.0 Å². The Bertz CT molecular complexity index is 553. The third kappa shape index (κ3) is 3.11. The Morgan fingerprint density at radius 3 is 2.79 bits per heavy atom. The highest BCUT2D eigenvalue weighted by Crippen LogP contribution is 2.22. The summed E-state index contributed by atoms with van der Waals surface area (Å²) < 4.78 is 5.62. The highest BCUT2D eigenvalue weighted by Gasteiger charge is 2.18. The van der Waals surface area contributed by atoms with Gasteiger partial charge < -0.3 is 4.74 Å². The fraction of sp³-hybridized carbons (Fsp3) is 0.333. The zero-order valence-electron chi connectivity index (χ0n) is 10.6. The zero-order chi connectivity index (χ0) is 13.1. The Morgan fingerprint density at radius 2 is 2.05 bits per heavy atom. The van der Waals surface area contributed by atoms with Crippen LogP contribution in [-0.2, 0) is 11.2 Å². The second-order valence-corrected chi connectivity index (χ2v) is 5.08. The van der Waals surface area contributed by atoms with E-state index in [1.807, 2.05) is 30.3 Å². The van der Waals surface area contributed by atoms with Crippen molar-refractivity contribution in [3.05, 3.63) is 47.4 Å². The summed E-state index contributed by atoms with van der Waals surface area (Å²) in [6, 6.07) is 11.8. The van der Waals surface area contributed by atoms with Gasteiger partial charge in [-0.15, -0.1) is 0 Å². The molecule has 1 unspecified atom stereocenters. The highest BCUT2D eigenvalue weighted by molar-refractivity contribution is 6.29. The molecule has 0 amide bonds. The molecule has 1 atom stereocenters. The largest absolute Gasteiger partial charge is 0.378 e. The normalized spacial score (nSPS) is 18.7. The summed E-state index contributed by atoms with van der Waals surface area (Å²) in [7, 11) is 0. The van der Waals surface area contributed by atoms with E-state index >= 15 is 0 Å². The van der Waals surface area contributed by atoms with E-state index in [-0.39, 0.29) is 6.10 Å². The molecule has 1 saturated heterocycles. The first-order valence-corrected chi connectivity index (χ1v) is 6.89. The van der Waals surface area contributed by atoms with E-state index in [0.29, 0.717) is 5.15 Å². The lowest BCUT2D eigenvalue weighted by molar-refractivity contribution is 0.110. The second-order valence-electron chi connectivity index (χ2n) is 4.70. The second kappa shape index (κ2) is 5.68. The Kier molecular flexibility index (Phi) is 3.76. The van der Waals surface area contributed by atoms with Crippen LogP contribution >= 0.6 is 11.6 Å². The van der Waals surface area contributed by atoms with Gasteiger partial charge in [-0.1, -0.05) is 41.9 Å². The molecule has 0 spiro atoms. The quantitative estimate of drug-likeness (QED) is 0.804. The SMILES string of the molecule is Clc1cc(-c2ccccc2)nc(CC2CCCO2)n1. The Balaban J connectivity index is 1.87. The number of rotatable bonds is 3. The molecule has 1 aromatic heterocycles. The molecule has 0 bridgehead atoms. The molecule has 3 rings (SSSR count). The summed E-state index contributed by atoms with van der Waals surface area (Å²) in [4.78, 5) is 8.89. The molecule has 0 radical (unpaired) electrons. The van der Waals surface area contributed by atoms with Crippen molar-refractivity contribution in [2.24, 2.45) is 0 Å². The third-order valence-electron chi connectivity index (χ3n) is 3.24. The van der Waals surface area contributed by atoms with E-state index in [1.54, 1.807) is 6.07 Å². The Morgan fingerprint density at radius 1 is 1.21 bits per heavy atom. The van der Waals surface area contributed by atoms with Gasteiger partial charge in [-0.3, -0.25) is 0 Å². The van der Waals surface area contributed by atoms with E-state index in [2.05, 4.69) is 9.97 Å². The average Bonchev–Trinajstić information content (AvgIpc) is 2.92. The van der Waals surface area contributed by atoms with Crippen molar-refractivity contribution >= 4 is 11.6 Å². The number of nitrogens with zero attached hydrogens (tertiary/aromatic N) is 2. The van der Waals surface area contributed by atoms with Crippen molar-refractivity contribution in [1.29, 1.82) is 0 Å². The molecule has 0 N–H and O–H groups in total. The van der Waals surface area contributed by atoms with Crippen LogP contribution in [0.3, 0.4) is 0 Å². The van der Waals surface area contributed by atoms with Crippen LogP contribution in [0.5, 0.6) is 0 Å². The molecule has 3 nitrogen and oxygen atoms in total. The van der Waals surface area contributed by atoms with Gasteiger partial charge in [-0.05, 0) is 12.8 Å². The van der Waals surface area contributed by atoms with Crippen LogP contribution in [0.25, 0.3) is 11.3 Å². The smallest absolute Gasteiger partial charge is 0.133 e. The van der Waals surface area contributed by atoms with E-state index in [9.17, 15) is 0 Å². The first-order chi connectivity index (χ1) is 9.31. The summed E-state index contributed by atoms with van der Waals surface area (Å²) in [6.45, 7) is 0.844. The lowest BCUT2D eigenvalue weighted by Crippen LogP contribution is -2.12. The standard InChI is InChI=1S/C15H15ClN2O/c16-14-10-13(11-5-2-1-3-6-11)17-15(18-14)9-12-7-4-8-19-12/h1-3,5-6,10,12H,4,7-9H2. The lowest BCUT2D eigenvalue weighted by atomic mass is 10.1. The van der Waals surface area contributed by atoms with E-state index in [1.165, 1.54) is 0 Å². The van der Waals surface area contributed by atoms with Gasteiger partial charge in [-0.2, -0.15) is 0 Å². The lowest BCUT2D eigenvalue weighted by Gasteiger charge is -2.09. The molecule has 0 aliphatic carbocycles. The van der Waals surface area contributed by atoms with Crippen LogP contribution in [0, 0.1) is 0 Å². The van der Waals surface area contributed by atoms with E-state index in [0.717, 1.165) is 43.0 Å². The van der Waals surface area contributed by atoms with Gasteiger partial charge >= 0.3 is 0 Å². The first-order valence-electron chi connectivity index (χ1n) is 6.52. The average molecular weight is 275 g/mol. The molecular weight excluding hydrogens is 260 g/mol. The molecule has 1 aliphatic heterocycles. The predicted octanol–water partition coefficient (Wildman–Crippen LogP) is 3.52. The van der Waals surface area contributed by atoms with Crippen molar-refractivity contribution < 1.29 is 4.74 Å². The molecule has 1 fully saturated rings. The Labute approximate surface area is 117 Å². The summed E-state index contributed by atoms with van der Waals surface area (Å²) in [5.41, 5.74) is 1.92. The number of hydrogen-bond acceptors (Lipinski definition) is 3. The summed E-state index contributed by atoms with van der Waals surface area (Å²) in [5.74, 6) is 0.762. The fourth-order valence-corrected chi connectivity index (χ4v) is 2.52. The minimum absolute atomic E-state index is 0.238. The number of halogens is 1. The monoisotopic (exact) mass is 274 g/mol. The predicted molar refractivity (Wildman–Crippen MR) is 75.2 cm³/mol. The molecule has 19 heavy (non-hydrogen) atoms. The van der Waals surface area contributed by atoms with Gasteiger partial charge in [0.25, 0.3) is 0 Å². The minimum atomic E-state index is 0.238. The van der Waals surface area contributed by atoms with Crippen LogP contribution in [0.4, 0.5) is 0 Å². The molecule has 1 aliphatic rings. The van der Waals surface area contributed by atoms with Crippen LogP contribution in [-0.4, -0.2) is 22.7 Å². The van der Waals surface area contributed by atoms with Crippen LogP contribution in [0.2, 0.25) is 5.15 Å². The molecule has 98 valence electrons. The maximum atomic E-state index is 6.09. The molecular formula is C15H15ClN2O. The third-order valence-corrected chi connectivity index (χ3v) is 3.44. The fourth-order valence-electron chi connectivity index (χ4n) is 2.32. The highest BCUT2D eigenvalue weighted by atomic mass is 35.5. The zero-order valence-corrected chi connectivity index (χ0v) is 11.3. The Hall–Kier alpha value is -1.45. The van der Waals surface area contributed by atoms with Gasteiger partial charge in [0.15, 0.2) is 0 Å². The van der Waals surface area contributed by atoms with Crippen molar-refractivity contribution in [1.82, 2.24) is 9.97 Å². The van der Waals surface area contributed by atoms with Crippen molar-refractivity contribution in [2.45, 2.75) is 25.4 Å². The number of ether oxygens (including phenoxy) is 1. The minimum Gasteiger partial charge on any atom is -0.378 e. The van der Waals surface area contributed by atoms with Crippen LogP contribution in [0.15, 0.2) is 36.4 Å². The summed E-state index contributed by atoms with van der Waals surface area (Å²) >= 11 is 6.09. The molecule has 2 heterocycles. The first kappa shape index (κ1) is 12.6. The van der Waals surface area contributed by atoms with Gasteiger partial charge in [0.05, 0.1) is 11.8 Å². The maximum absolute atomic E-state index is 6.09. The maximum Gasteiger partial charge on any atom is 0.133 e. The van der Waals surface area contributed by atoms with Crippen LogP contribution in [0.1, 0.15) is 18.7 Å². The summed E-state index contributed by atoms with van der Waals surface area (Å²) in [6.07, 6.45) is 3.18. The summed E-state index contributed by atoms with van der Waals surface area (Å²) in [5, 5.41) is 0.488. The van der Waals surface area contributed by atoms with Gasteiger partial charge in [0, 0.05) is 24.7 Å². The van der Waals surface area contributed by atoms with Gasteiger partial charge in [0.2, 0.25) is 0 Å². The topological polar surface area (TPSA) is 35.0 Å². The van der Waals surface area contributed by atoms with Crippen molar-refractivity contribution in [3.63, 3.8) is 0 Å². The number of benzene rings is 1. The van der Waals surface area contributed by atoms with Gasteiger partial charge in [-0.25, -0.2) is 9.97 Å². The molecule has 4 heteroatoms.